The van der Waals surface area contributed by atoms with Gasteiger partial charge in [-0.3, -0.25) is 9.59 Å². The van der Waals surface area contributed by atoms with E-state index in [0.717, 1.165) is 30.5 Å². The van der Waals surface area contributed by atoms with E-state index in [2.05, 4.69) is 21.6 Å². The third kappa shape index (κ3) is 3.51. The van der Waals surface area contributed by atoms with Crippen LogP contribution in [-0.2, 0) is 6.42 Å². The summed E-state index contributed by atoms with van der Waals surface area (Å²) in [6.45, 7) is 2.13. The topological polar surface area (TPSA) is 77.8 Å². The molecule has 0 amide bonds. The summed E-state index contributed by atoms with van der Waals surface area (Å²) in [6.07, 6.45) is 2.11. The van der Waals surface area contributed by atoms with Crippen molar-refractivity contribution in [2.24, 2.45) is 0 Å². The standard InChI is InChI=1S/C17H16FN3O2S/c1-2-3-10-4-6-11(7-5-10)21-24-15-9-14-13(8-12(15)18)19-16(22)17(23)20-14/h4-9,21H,2-3H2,1H3,(H,19,22)(H,20,23). The molecule has 0 spiro atoms. The number of anilines is 1. The predicted octanol–water partition coefficient (Wildman–Crippen LogP) is 3.43. The highest BCUT2D eigenvalue weighted by atomic mass is 32.2. The van der Waals surface area contributed by atoms with Gasteiger partial charge in [0, 0.05) is 11.8 Å². The van der Waals surface area contributed by atoms with E-state index in [1.54, 1.807) is 0 Å². The smallest absolute Gasteiger partial charge is 0.314 e. The van der Waals surface area contributed by atoms with Crippen molar-refractivity contribution < 1.29 is 4.39 Å². The monoisotopic (exact) mass is 345 g/mol. The van der Waals surface area contributed by atoms with Gasteiger partial charge in [0.25, 0.3) is 0 Å². The van der Waals surface area contributed by atoms with Gasteiger partial charge >= 0.3 is 11.1 Å². The molecule has 0 aliphatic heterocycles. The number of halogens is 1. The van der Waals surface area contributed by atoms with Crippen LogP contribution in [-0.4, -0.2) is 9.97 Å². The van der Waals surface area contributed by atoms with Crippen LogP contribution in [0.4, 0.5) is 10.1 Å². The zero-order valence-electron chi connectivity index (χ0n) is 13.0. The molecular weight excluding hydrogens is 329 g/mol. The molecular formula is C17H16FN3O2S. The Morgan fingerprint density at radius 1 is 1.04 bits per heavy atom. The number of nitrogens with one attached hydrogen (secondary N) is 3. The fraction of sp³-hybridized carbons (Fsp3) is 0.176. The lowest BCUT2D eigenvalue weighted by atomic mass is 10.1. The molecule has 3 aromatic rings. The van der Waals surface area contributed by atoms with Crippen molar-refractivity contribution in [3.8, 4) is 0 Å². The maximum atomic E-state index is 14.1. The first-order chi connectivity index (χ1) is 11.6. The van der Waals surface area contributed by atoms with Crippen molar-refractivity contribution >= 4 is 28.7 Å². The number of benzene rings is 2. The van der Waals surface area contributed by atoms with Crippen LogP contribution < -0.4 is 15.8 Å². The van der Waals surface area contributed by atoms with Gasteiger partial charge in [0.15, 0.2) is 0 Å². The second-order valence-corrected chi connectivity index (χ2v) is 6.24. The highest BCUT2D eigenvalue weighted by Crippen LogP contribution is 2.26. The molecule has 0 fully saturated rings. The zero-order valence-corrected chi connectivity index (χ0v) is 13.8. The van der Waals surface area contributed by atoms with Crippen molar-refractivity contribution in [1.82, 2.24) is 9.97 Å². The van der Waals surface area contributed by atoms with Crippen molar-refractivity contribution in [2.45, 2.75) is 24.7 Å². The Labute approximate surface area is 141 Å². The summed E-state index contributed by atoms with van der Waals surface area (Å²) in [5.41, 5.74) is 1.19. The van der Waals surface area contributed by atoms with Gasteiger partial charge in [0.05, 0.1) is 15.9 Å². The van der Waals surface area contributed by atoms with Crippen LogP contribution >= 0.6 is 11.9 Å². The lowest BCUT2D eigenvalue weighted by Crippen LogP contribution is -2.28. The summed E-state index contributed by atoms with van der Waals surface area (Å²) in [5, 5.41) is 0. The molecule has 1 heterocycles. The molecule has 3 N–H and O–H groups in total. The molecule has 7 heteroatoms. The number of fused-ring (bicyclic) bond motifs is 1. The summed E-state index contributed by atoms with van der Waals surface area (Å²) in [7, 11) is 0. The normalized spacial score (nSPS) is 10.9. The molecule has 0 saturated carbocycles. The van der Waals surface area contributed by atoms with Crippen LogP contribution in [0.15, 0.2) is 50.9 Å². The fourth-order valence-corrected chi connectivity index (χ4v) is 3.04. The molecule has 1 aromatic heterocycles. The van der Waals surface area contributed by atoms with Gasteiger partial charge in [0.2, 0.25) is 0 Å². The molecule has 5 nitrogen and oxygen atoms in total. The maximum absolute atomic E-state index is 14.1. The number of aromatic nitrogens is 2. The van der Waals surface area contributed by atoms with Gasteiger partial charge in [-0.05, 0) is 42.1 Å². The number of hydrogen-bond acceptors (Lipinski definition) is 4. The third-order valence-electron chi connectivity index (χ3n) is 3.55. The number of H-pyrrole nitrogens is 2. The van der Waals surface area contributed by atoms with E-state index in [9.17, 15) is 14.0 Å². The Bertz CT molecular complexity index is 980. The van der Waals surface area contributed by atoms with E-state index >= 15 is 0 Å². The van der Waals surface area contributed by atoms with E-state index in [0.29, 0.717) is 10.4 Å². The van der Waals surface area contributed by atoms with Gasteiger partial charge in [-0.15, -0.1) is 0 Å². The third-order valence-corrected chi connectivity index (χ3v) is 4.42. The highest BCUT2D eigenvalue weighted by Gasteiger charge is 2.08. The molecule has 0 saturated heterocycles. The minimum atomic E-state index is -0.799. The van der Waals surface area contributed by atoms with Crippen LogP contribution in [0.3, 0.4) is 0 Å². The van der Waals surface area contributed by atoms with Gasteiger partial charge in [0.1, 0.15) is 5.82 Å². The van der Waals surface area contributed by atoms with Crippen molar-refractivity contribution in [3.63, 3.8) is 0 Å². The molecule has 0 aliphatic rings. The number of aryl methyl sites for hydroxylation is 1. The van der Waals surface area contributed by atoms with Crippen LogP contribution in [0.2, 0.25) is 0 Å². The first-order valence-electron chi connectivity index (χ1n) is 7.54. The molecule has 0 radical (unpaired) electrons. The summed E-state index contributed by atoms with van der Waals surface area (Å²) in [6, 6.07) is 10.6. The van der Waals surface area contributed by atoms with E-state index in [1.165, 1.54) is 17.7 Å². The summed E-state index contributed by atoms with van der Waals surface area (Å²) < 4.78 is 17.2. The molecule has 24 heavy (non-hydrogen) atoms. The Balaban J connectivity index is 1.81. The Morgan fingerprint density at radius 3 is 2.29 bits per heavy atom. The van der Waals surface area contributed by atoms with Crippen LogP contribution in [0, 0.1) is 5.82 Å². The Morgan fingerprint density at radius 2 is 1.67 bits per heavy atom. The largest absolute Gasteiger partial charge is 0.326 e. The summed E-state index contributed by atoms with van der Waals surface area (Å²) in [4.78, 5) is 27.8. The van der Waals surface area contributed by atoms with Crippen molar-refractivity contribution in [1.29, 1.82) is 0 Å². The van der Waals surface area contributed by atoms with Crippen molar-refractivity contribution in [3.05, 3.63) is 68.5 Å². The second-order valence-electron chi connectivity index (χ2n) is 5.39. The average molecular weight is 345 g/mol. The predicted molar refractivity (Wildman–Crippen MR) is 95.1 cm³/mol. The molecule has 2 aromatic carbocycles. The van der Waals surface area contributed by atoms with E-state index in [-0.39, 0.29) is 5.52 Å². The number of rotatable bonds is 5. The van der Waals surface area contributed by atoms with Gasteiger partial charge in [-0.1, -0.05) is 25.5 Å². The lowest BCUT2D eigenvalue weighted by Gasteiger charge is -2.08. The Kier molecular flexibility index (Phi) is 4.71. The number of aromatic amines is 2. The Hall–Kier alpha value is -2.54. The molecule has 124 valence electrons. The quantitative estimate of drug-likeness (QED) is 0.489. The first-order valence-corrected chi connectivity index (χ1v) is 8.36. The number of hydrogen-bond donors (Lipinski definition) is 3. The minimum Gasteiger partial charge on any atom is -0.326 e. The van der Waals surface area contributed by atoms with Crippen molar-refractivity contribution in [2.75, 3.05) is 4.72 Å². The first kappa shape index (κ1) is 16.3. The fourth-order valence-electron chi connectivity index (χ4n) is 2.34. The molecule has 0 atom stereocenters. The molecule has 0 bridgehead atoms. The molecule has 3 rings (SSSR count). The zero-order chi connectivity index (χ0) is 17.1. The summed E-state index contributed by atoms with van der Waals surface area (Å²) in [5.74, 6) is -0.481. The van der Waals surface area contributed by atoms with E-state index < -0.39 is 16.9 Å². The van der Waals surface area contributed by atoms with Crippen LogP contribution in [0.25, 0.3) is 11.0 Å². The van der Waals surface area contributed by atoms with Crippen LogP contribution in [0.1, 0.15) is 18.9 Å². The van der Waals surface area contributed by atoms with Gasteiger partial charge < -0.3 is 14.7 Å². The van der Waals surface area contributed by atoms with Gasteiger partial charge in [-0.25, -0.2) is 4.39 Å². The SMILES string of the molecule is CCCc1ccc(NSc2cc3[nH]c(=O)c(=O)[nH]c3cc2F)cc1. The van der Waals surface area contributed by atoms with Crippen LogP contribution in [0.5, 0.6) is 0 Å². The average Bonchev–Trinajstić information content (AvgIpc) is 2.56. The maximum Gasteiger partial charge on any atom is 0.314 e. The minimum absolute atomic E-state index is 0.255. The molecule has 0 aliphatic carbocycles. The second kappa shape index (κ2) is 6.92. The highest BCUT2D eigenvalue weighted by molar-refractivity contribution is 8.00. The van der Waals surface area contributed by atoms with E-state index in [1.807, 2.05) is 24.3 Å². The van der Waals surface area contributed by atoms with Gasteiger partial charge in [-0.2, -0.15) is 0 Å². The molecule has 0 unspecified atom stereocenters. The lowest BCUT2D eigenvalue weighted by molar-refractivity contribution is 0.604. The van der Waals surface area contributed by atoms with E-state index in [4.69, 9.17) is 0 Å². The summed E-state index contributed by atoms with van der Waals surface area (Å²) >= 11 is 1.11.